The van der Waals surface area contributed by atoms with Gasteiger partial charge in [0.15, 0.2) is 0 Å². The van der Waals surface area contributed by atoms with Crippen LogP contribution in [0.4, 0.5) is 0 Å². The van der Waals surface area contributed by atoms with Gasteiger partial charge in [0.1, 0.15) is 0 Å². The summed E-state index contributed by atoms with van der Waals surface area (Å²) in [5.74, 6) is -0.265. The molecule has 2 N–H and O–H groups in total. The monoisotopic (exact) mass is 326 g/mol. The maximum absolute atomic E-state index is 12.0. The lowest BCUT2D eigenvalue weighted by Gasteiger charge is -2.12. The van der Waals surface area contributed by atoms with E-state index < -0.39 is 6.10 Å². The number of aromatic nitrogens is 1. The Morgan fingerprint density at radius 3 is 2.57 bits per heavy atom. The van der Waals surface area contributed by atoms with Crippen LogP contribution in [0, 0.1) is 0 Å². The fourth-order valence-corrected chi connectivity index (χ4v) is 2.60. The van der Waals surface area contributed by atoms with Crippen molar-refractivity contribution in [2.75, 3.05) is 6.54 Å². The van der Waals surface area contributed by atoms with E-state index in [2.05, 4.69) is 5.32 Å². The Bertz CT molecular complexity index is 620. The third kappa shape index (κ3) is 4.24. The van der Waals surface area contributed by atoms with Crippen LogP contribution in [0.5, 0.6) is 0 Å². The summed E-state index contributed by atoms with van der Waals surface area (Å²) in [6, 6.07) is 8.39. The molecule has 0 bridgehead atoms. The number of amides is 1. The van der Waals surface area contributed by atoms with Crippen molar-refractivity contribution in [2.45, 2.75) is 12.5 Å². The van der Waals surface area contributed by atoms with Gasteiger partial charge in [0.05, 0.1) is 6.10 Å². The van der Waals surface area contributed by atoms with Crippen molar-refractivity contribution in [3.63, 3.8) is 0 Å². The highest BCUT2D eigenvalue weighted by Crippen LogP contribution is 2.19. The van der Waals surface area contributed by atoms with E-state index in [1.165, 1.54) is 0 Å². The van der Waals surface area contributed by atoms with Crippen LogP contribution in [-0.4, -0.2) is 22.1 Å². The number of hydrogen-bond acceptors (Lipinski definition) is 2. The zero-order valence-corrected chi connectivity index (χ0v) is 13.0. The molecule has 0 aliphatic heterocycles. The molecular weight excluding hydrogens is 311 g/mol. The minimum atomic E-state index is -0.617. The van der Waals surface area contributed by atoms with Gasteiger partial charge in [0, 0.05) is 41.1 Å². The summed E-state index contributed by atoms with van der Waals surface area (Å²) < 4.78 is 1.85. The molecule has 1 aromatic carbocycles. The zero-order valence-electron chi connectivity index (χ0n) is 11.5. The standard InChI is InChI=1S/C15H16Cl2N2O2/c1-19-6-2-3-13(19)14(20)4-5-18-15(21)10-7-11(16)9-12(17)8-10/h2-3,6-9,14,20H,4-5H2,1H3,(H,18,21). The largest absolute Gasteiger partial charge is 0.387 e. The molecule has 21 heavy (non-hydrogen) atoms. The number of nitrogens with one attached hydrogen (secondary N) is 1. The van der Waals surface area contributed by atoms with Crippen LogP contribution in [-0.2, 0) is 7.05 Å². The first-order valence-corrected chi connectivity index (χ1v) is 7.26. The number of benzene rings is 1. The molecule has 0 spiro atoms. The number of aryl methyl sites for hydroxylation is 1. The molecule has 112 valence electrons. The van der Waals surface area contributed by atoms with Gasteiger partial charge in [-0.25, -0.2) is 0 Å². The summed E-state index contributed by atoms with van der Waals surface area (Å²) >= 11 is 11.7. The Hall–Kier alpha value is -1.49. The van der Waals surface area contributed by atoms with Crippen LogP contribution < -0.4 is 5.32 Å². The molecule has 0 aliphatic carbocycles. The van der Waals surface area contributed by atoms with Gasteiger partial charge in [-0.05, 0) is 36.8 Å². The molecule has 1 aromatic heterocycles. The normalized spacial score (nSPS) is 12.2. The van der Waals surface area contributed by atoms with Gasteiger partial charge in [-0.2, -0.15) is 0 Å². The molecule has 1 unspecified atom stereocenters. The number of halogens is 2. The second-order valence-electron chi connectivity index (χ2n) is 4.76. The van der Waals surface area contributed by atoms with Crippen LogP contribution in [0.1, 0.15) is 28.6 Å². The van der Waals surface area contributed by atoms with E-state index in [4.69, 9.17) is 23.2 Å². The maximum atomic E-state index is 12.0. The van der Waals surface area contributed by atoms with Gasteiger partial charge >= 0.3 is 0 Å². The van der Waals surface area contributed by atoms with Crippen LogP contribution in [0.25, 0.3) is 0 Å². The zero-order chi connectivity index (χ0) is 15.4. The molecule has 6 heteroatoms. The molecule has 4 nitrogen and oxygen atoms in total. The highest BCUT2D eigenvalue weighted by molar-refractivity contribution is 6.35. The van der Waals surface area contributed by atoms with E-state index in [0.717, 1.165) is 5.69 Å². The number of rotatable bonds is 5. The summed E-state index contributed by atoms with van der Waals surface area (Å²) in [6.45, 7) is 0.356. The SMILES string of the molecule is Cn1cccc1C(O)CCNC(=O)c1cc(Cl)cc(Cl)c1. The van der Waals surface area contributed by atoms with E-state index in [0.29, 0.717) is 28.6 Å². The Labute approximate surface area is 133 Å². The molecule has 0 saturated heterocycles. The summed E-state index contributed by atoms with van der Waals surface area (Å²) in [4.78, 5) is 12.0. The Balaban J connectivity index is 1.88. The molecule has 2 aromatic rings. The summed E-state index contributed by atoms with van der Waals surface area (Å²) in [5, 5.41) is 13.6. The molecule has 0 saturated carbocycles. The van der Waals surface area contributed by atoms with Crippen molar-refractivity contribution < 1.29 is 9.90 Å². The van der Waals surface area contributed by atoms with E-state index in [9.17, 15) is 9.90 Å². The van der Waals surface area contributed by atoms with Crippen molar-refractivity contribution in [3.8, 4) is 0 Å². The number of hydrogen-bond donors (Lipinski definition) is 2. The number of aliphatic hydroxyl groups excluding tert-OH is 1. The molecule has 0 fully saturated rings. The molecule has 0 radical (unpaired) electrons. The second-order valence-corrected chi connectivity index (χ2v) is 5.64. The average molecular weight is 327 g/mol. The first-order valence-electron chi connectivity index (χ1n) is 6.51. The van der Waals surface area contributed by atoms with Gasteiger partial charge in [0.25, 0.3) is 5.91 Å². The lowest BCUT2D eigenvalue weighted by atomic mass is 10.1. The topological polar surface area (TPSA) is 54.3 Å². The average Bonchev–Trinajstić information content (AvgIpc) is 2.83. The van der Waals surface area contributed by atoms with Crippen LogP contribution in [0.2, 0.25) is 10.0 Å². The molecule has 1 heterocycles. The number of carbonyl (C=O) groups excluding carboxylic acids is 1. The highest BCUT2D eigenvalue weighted by atomic mass is 35.5. The van der Waals surface area contributed by atoms with Crippen molar-refractivity contribution >= 4 is 29.1 Å². The lowest BCUT2D eigenvalue weighted by Crippen LogP contribution is -2.26. The quantitative estimate of drug-likeness (QED) is 0.886. The van der Waals surface area contributed by atoms with Crippen molar-refractivity contribution in [3.05, 3.63) is 57.8 Å². The van der Waals surface area contributed by atoms with Crippen LogP contribution >= 0.6 is 23.2 Å². The van der Waals surface area contributed by atoms with Gasteiger partial charge < -0.3 is 15.0 Å². The summed E-state index contributed by atoms with van der Waals surface area (Å²) in [6.07, 6.45) is 1.68. The highest BCUT2D eigenvalue weighted by Gasteiger charge is 2.12. The van der Waals surface area contributed by atoms with Crippen molar-refractivity contribution in [1.29, 1.82) is 0 Å². The van der Waals surface area contributed by atoms with Gasteiger partial charge in [-0.1, -0.05) is 23.2 Å². The maximum Gasteiger partial charge on any atom is 0.251 e. The molecule has 1 atom stereocenters. The van der Waals surface area contributed by atoms with Gasteiger partial charge in [0.2, 0.25) is 0 Å². The Morgan fingerprint density at radius 1 is 1.33 bits per heavy atom. The summed E-state index contributed by atoms with van der Waals surface area (Å²) in [5.41, 5.74) is 1.22. The van der Waals surface area contributed by atoms with Crippen LogP contribution in [0.15, 0.2) is 36.5 Å². The molecule has 1 amide bonds. The first kappa shape index (κ1) is 15.9. The summed E-state index contributed by atoms with van der Waals surface area (Å²) in [7, 11) is 1.87. The van der Waals surface area contributed by atoms with Crippen molar-refractivity contribution in [1.82, 2.24) is 9.88 Å². The minimum absolute atomic E-state index is 0.265. The first-order chi connectivity index (χ1) is 9.97. The smallest absolute Gasteiger partial charge is 0.251 e. The number of aliphatic hydroxyl groups is 1. The minimum Gasteiger partial charge on any atom is -0.387 e. The van der Waals surface area contributed by atoms with Crippen LogP contribution in [0.3, 0.4) is 0 Å². The molecule has 0 aliphatic rings. The lowest BCUT2D eigenvalue weighted by molar-refractivity contribution is 0.0941. The van der Waals surface area contributed by atoms with Gasteiger partial charge in [-0.15, -0.1) is 0 Å². The Kier molecular flexibility index (Phi) is 5.28. The second kappa shape index (κ2) is 6.98. The third-order valence-corrected chi connectivity index (χ3v) is 3.59. The fraction of sp³-hybridized carbons (Fsp3) is 0.267. The predicted octanol–water partition coefficient (Wildman–Crippen LogP) is 3.19. The molecular formula is C15H16Cl2N2O2. The Morgan fingerprint density at radius 2 is 2.00 bits per heavy atom. The fourth-order valence-electron chi connectivity index (χ4n) is 2.08. The van der Waals surface area contributed by atoms with Gasteiger partial charge in [-0.3, -0.25) is 4.79 Å². The van der Waals surface area contributed by atoms with E-state index in [1.807, 2.05) is 29.9 Å². The molecule has 2 rings (SSSR count). The number of carbonyl (C=O) groups is 1. The van der Waals surface area contributed by atoms with E-state index in [1.54, 1.807) is 18.2 Å². The number of nitrogens with zero attached hydrogens (tertiary/aromatic N) is 1. The van der Waals surface area contributed by atoms with E-state index >= 15 is 0 Å². The van der Waals surface area contributed by atoms with E-state index in [-0.39, 0.29) is 5.91 Å². The predicted molar refractivity (Wildman–Crippen MR) is 83.8 cm³/mol. The van der Waals surface area contributed by atoms with Crippen molar-refractivity contribution in [2.24, 2.45) is 7.05 Å². The third-order valence-electron chi connectivity index (χ3n) is 3.15.